The summed E-state index contributed by atoms with van der Waals surface area (Å²) >= 11 is 0. The Kier molecular flexibility index (Phi) is 4.82. The van der Waals surface area contributed by atoms with E-state index in [0.29, 0.717) is 24.9 Å². The molecule has 23 heavy (non-hydrogen) atoms. The highest BCUT2D eigenvalue weighted by Gasteiger charge is 2.37. The van der Waals surface area contributed by atoms with E-state index in [1.165, 1.54) is 12.1 Å². The van der Waals surface area contributed by atoms with Crippen molar-refractivity contribution in [1.29, 1.82) is 0 Å². The molecule has 2 heterocycles. The molecule has 2 fully saturated rings. The van der Waals surface area contributed by atoms with Gasteiger partial charge in [0.2, 0.25) is 5.91 Å². The zero-order valence-electron chi connectivity index (χ0n) is 13.3. The van der Waals surface area contributed by atoms with E-state index in [1.807, 2.05) is 4.90 Å². The summed E-state index contributed by atoms with van der Waals surface area (Å²) in [6.45, 7) is 4.32. The predicted octanol–water partition coefficient (Wildman–Crippen LogP) is 1.26. The summed E-state index contributed by atoms with van der Waals surface area (Å²) in [6.07, 6.45) is 0.907. The average molecular weight is 322 g/mol. The van der Waals surface area contributed by atoms with Crippen molar-refractivity contribution in [3.63, 3.8) is 0 Å². The molecule has 5 nitrogen and oxygen atoms in total. The third kappa shape index (κ3) is 3.82. The Balaban J connectivity index is 1.55. The van der Waals surface area contributed by atoms with Crippen LogP contribution in [0.4, 0.5) is 4.39 Å². The molecule has 0 radical (unpaired) electrons. The zero-order valence-corrected chi connectivity index (χ0v) is 13.3. The van der Waals surface area contributed by atoms with Crippen LogP contribution >= 0.6 is 0 Å². The number of ether oxygens (including phenoxy) is 1. The maximum Gasteiger partial charge on any atom is 0.219 e. The number of halogens is 1. The summed E-state index contributed by atoms with van der Waals surface area (Å²) in [5.41, 5.74) is 0. The standard InChI is InChI=1S/C17H23FN2O3/c1-12(21)19-7-5-14(6-8-19)20-10-16(22)17(11-20)23-15-4-2-3-13(18)9-15/h2-4,9,14,16-17,22H,5-8,10-11H2,1H3/t16-,17-/m1/s1. The number of carbonyl (C=O) groups excluding carboxylic acids is 1. The number of amides is 1. The molecule has 3 rings (SSSR count). The number of carbonyl (C=O) groups is 1. The van der Waals surface area contributed by atoms with Crippen molar-refractivity contribution < 1.29 is 19.0 Å². The summed E-state index contributed by atoms with van der Waals surface area (Å²) in [5, 5.41) is 10.2. The number of aliphatic hydroxyl groups excluding tert-OH is 1. The molecule has 0 saturated carbocycles. The van der Waals surface area contributed by atoms with Crippen LogP contribution in [0.15, 0.2) is 24.3 Å². The number of benzene rings is 1. The van der Waals surface area contributed by atoms with Crippen molar-refractivity contribution in [2.45, 2.75) is 38.0 Å². The van der Waals surface area contributed by atoms with E-state index in [0.717, 1.165) is 25.9 Å². The smallest absolute Gasteiger partial charge is 0.219 e. The first-order valence-electron chi connectivity index (χ1n) is 8.13. The maximum atomic E-state index is 13.2. The fourth-order valence-corrected chi connectivity index (χ4v) is 3.46. The molecule has 0 bridgehead atoms. The quantitative estimate of drug-likeness (QED) is 0.910. The predicted molar refractivity (Wildman–Crippen MR) is 83.7 cm³/mol. The maximum absolute atomic E-state index is 13.2. The Morgan fingerprint density at radius 2 is 2.04 bits per heavy atom. The SMILES string of the molecule is CC(=O)N1CCC(N2C[C@@H](O)[C@H](Oc3cccc(F)c3)C2)CC1. The monoisotopic (exact) mass is 322 g/mol. The molecule has 0 aliphatic carbocycles. The number of nitrogens with zero attached hydrogens (tertiary/aromatic N) is 2. The minimum absolute atomic E-state index is 0.122. The lowest BCUT2D eigenvalue weighted by molar-refractivity contribution is -0.130. The number of aliphatic hydroxyl groups is 1. The zero-order chi connectivity index (χ0) is 16.4. The lowest BCUT2D eigenvalue weighted by Gasteiger charge is -2.36. The van der Waals surface area contributed by atoms with E-state index in [9.17, 15) is 14.3 Å². The molecule has 1 N–H and O–H groups in total. The van der Waals surface area contributed by atoms with Crippen molar-refractivity contribution in [3.05, 3.63) is 30.1 Å². The molecule has 6 heteroatoms. The van der Waals surface area contributed by atoms with Crippen molar-refractivity contribution in [1.82, 2.24) is 9.80 Å². The molecule has 2 aliphatic rings. The summed E-state index contributed by atoms with van der Waals surface area (Å²) in [6, 6.07) is 6.36. The fourth-order valence-electron chi connectivity index (χ4n) is 3.46. The Labute approximate surface area is 135 Å². The molecule has 2 atom stereocenters. The molecule has 2 saturated heterocycles. The molecule has 2 aliphatic heterocycles. The van der Waals surface area contributed by atoms with E-state index in [1.54, 1.807) is 19.1 Å². The summed E-state index contributed by atoms with van der Waals surface area (Å²) in [4.78, 5) is 15.5. The van der Waals surface area contributed by atoms with Gasteiger partial charge in [-0.15, -0.1) is 0 Å². The molecule has 0 unspecified atom stereocenters. The van der Waals surface area contributed by atoms with Gasteiger partial charge in [0.1, 0.15) is 23.8 Å². The minimum Gasteiger partial charge on any atom is -0.486 e. The van der Waals surface area contributed by atoms with Crippen LogP contribution in [0.25, 0.3) is 0 Å². The Morgan fingerprint density at radius 3 is 2.70 bits per heavy atom. The van der Waals surface area contributed by atoms with Gasteiger partial charge in [0.15, 0.2) is 0 Å². The second-order valence-electron chi connectivity index (χ2n) is 6.37. The highest BCUT2D eigenvalue weighted by molar-refractivity contribution is 5.73. The number of β-amino-alcohol motifs (C(OH)–C–C–N with tert-alkyl or cyclic N) is 1. The van der Waals surface area contributed by atoms with Crippen LogP contribution in [0, 0.1) is 5.82 Å². The molecular weight excluding hydrogens is 299 g/mol. The topological polar surface area (TPSA) is 53.0 Å². The number of piperidine rings is 1. The van der Waals surface area contributed by atoms with Crippen LogP contribution in [-0.4, -0.2) is 65.2 Å². The van der Waals surface area contributed by atoms with Crippen molar-refractivity contribution in [2.24, 2.45) is 0 Å². The van der Waals surface area contributed by atoms with Gasteiger partial charge in [-0.2, -0.15) is 0 Å². The Morgan fingerprint density at radius 1 is 1.30 bits per heavy atom. The largest absolute Gasteiger partial charge is 0.486 e. The number of rotatable bonds is 3. The van der Waals surface area contributed by atoms with E-state index < -0.39 is 6.10 Å². The minimum atomic E-state index is -0.580. The van der Waals surface area contributed by atoms with E-state index in [4.69, 9.17) is 4.74 Å². The first kappa shape index (κ1) is 16.2. The second kappa shape index (κ2) is 6.84. The van der Waals surface area contributed by atoms with Gasteiger partial charge in [-0.1, -0.05) is 6.07 Å². The van der Waals surface area contributed by atoms with Gasteiger partial charge in [0, 0.05) is 45.2 Å². The number of hydrogen-bond acceptors (Lipinski definition) is 4. The third-order valence-electron chi connectivity index (χ3n) is 4.77. The second-order valence-corrected chi connectivity index (χ2v) is 6.37. The molecule has 126 valence electrons. The molecule has 0 spiro atoms. The highest BCUT2D eigenvalue weighted by Crippen LogP contribution is 2.25. The van der Waals surface area contributed by atoms with Crippen LogP contribution in [0.2, 0.25) is 0 Å². The van der Waals surface area contributed by atoms with Gasteiger partial charge in [-0.3, -0.25) is 9.69 Å². The van der Waals surface area contributed by atoms with Crippen LogP contribution in [0.5, 0.6) is 5.75 Å². The summed E-state index contributed by atoms with van der Waals surface area (Å²) < 4.78 is 19.0. The molecular formula is C17H23FN2O3. The molecule has 0 aromatic heterocycles. The molecule has 1 amide bonds. The average Bonchev–Trinajstić information content (AvgIpc) is 2.88. The first-order chi connectivity index (χ1) is 11.0. The van der Waals surface area contributed by atoms with E-state index in [2.05, 4.69) is 4.90 Å². The van der Waals surface area contributed by atoms with Crippen LogP contribution in [-0.2, 0) is 4.79 Å². The lowest BCUT2D eigenvalue weighted by Crippen LogP contribution is -2.45. The molecule has 1 aromatic carbocycles. The normalized spacial score (nSPS) is 26.5. The van der Waals surface area contributed by atoms with Crippen molar-refractivity contribution in [2.75, 3.05) is 26.2 Å². The van der Waals surface area contributed by atoms with Crippen molar-refractivity contribution in [3.8, 4) is 5.75 Å². The highest BCUT2D eigenvalue weighted by atomic mass is 19.1. The van der Waals surface area contributed by atoms with Crippen LogP contribution in [0.1, 0.15) is 19.8 Å². The van der Waals surface area contributed by atoms with Crippen LogP contribution in [0.3, 0.4) is 0 Å². The fraction of sp³-hybridized carbons (Fsp3) is 0.588. The van der Waals surface area contributed by atoms with E-state index in [-0.39, 0.29) is 17.8 Å². The Hall–Kier alpha value is -1.66. The van der Waals surface area contributed by atoms with Crippen molar-refractivity contribution >= 4 is 5.91 Å². The first-order valence-corrected chi connectivity index (χ1v) is 8.13. The number of likely N-dealkylation sites (tertiary alicyclic amines) is 2. The van der Waals surface area contributed by atoms with E-state index >= 15 is 0 Å². The number of hydrogen-bond donors (Lipinski definition) is 1. The third-order valence-corrected chi connectivity index (χ3v) is 4.77. The summed E-state index contributed by atoms with van der Waals surface area (Å²) in [7, 11) is 0. The molecule has 1 aromatic rings. The summed E-state index contributed by atoms with van der Waals surface area (Å²) in [5.74, 6) is 0.225. The van der Waals surface area contributed by atoms with Gasteiger partial charge in [-0.25, -0.2) is 4.39 Å². The van der Waals surface area contributed by atoms with Crippen LogP contribution < -0.4 is 4.74 Å². The van der Waals surface area contributed by atoms with Gasteiger partial charge >= 0.3 is 0 Å². The van der Waals surface area contributed by atoms with Gasteiger partial charge in [0.25, 0.3) is 0 Å². The van der Waals surface area contributed by atoms with Gasteiger partial charge in [0.05, 0.1) is 0 Å². The lowest BCUT2D eigenvalue weighted by atomic mass is 10.0. The van der Waals surface area contributed by atoms with Gasteiger partial charge < -0.3 is 14.7 Å². The Bertz CT molecular complexity index is 561. The van der Waals surface area contributed by atoms with Gasteiger partial charge in [-0.05, 0) is 25.0 Å².